The van der Waals surface area contributed by atoms with E-state index in [4.69, 9.17) is 0 Å². The van der Waals surface area contributed by atoms with Crippen LogP contribution in [0.2, 0.25) is 0 Å². The van der Waals surface area contributed by atoms with Crippen molar-refractivity contribution in [1.82, 2.24) is 9.80 Å². The Labute approximate surface area is 337 Å². The minimum Gasteiger partial charge on any atom is -0.356 e. The second-order valence-corrected chi connectivity index (χ2v) is 17.8. The van der Waals surface area contributed by atoms with Crippen molar-refractivity contribution in [2.24, 2.45) is 0 Å². The number of rotatable bonds is 45. The van der Waals surface area contributed by atoms with Crippen molar-refractivity contribution in [3.8, 4) is 0 Å². The van der Waals surface area contributed by atoms with Crippen molar-refractivity contribution in [3.63, 3.8) is 0 Å². The van der Waals surface area contributed by atoms with E-state index >= 15 is 0 Å². The Morgan fingerprint density at radius 2 is 0.434 bits per heavy atom. The first-order chi connectivity index (χ1) is 26.3. The van der Waals surface area contributed by atoms with E-state index in [0.717, 1.165) is 0 Å². The van der Waals surface area contributed by atoms with Crippen LogP contribution >= 0.6 is 0 Å². The highest BCUT2D eigenvalue weighted by molar-refractivity contribution is 4.97. The van der Waals surface area contributed by atoms with Crippen LogP contribution < -0.4 is 0 Å². The van der Waals surface area contributed by atoms with Gasteiger partial charge in [-0.1, -0.05) is 271 Å². The molecule has 1 aliphatic rings. The summed E-state index contributed by atoms with van der Waals surface area (Å²) in [5.74, 6) is 0. The lowest BCUT2D eigenvalue weighted by Gasteiger charge is -2.33. The van der Waals surface area contributed by atoms with Gasteiger partial charge in [-0.2, -0.15) is 0 Å². The van der Waals surface area contributed by atoms with E-state index in [1.165, 1.54) is 289 Å². The minimum atomic E-state index is 0.636. The van der Waals surface area contributed by atoms with E-state index in [9.17, 15) is 0 Å². The smallest absolute Gasteiger partial charge is 0.101 e. The van der Waals surface area contributed by atoms with Gasteiger partial charge in [-0.25, -0.2) is 0 Å². The molecule has 0 aromatic rings. The van der Waals surface area contributed by atoms with E-state index in [0.29, 0.717) is 6.17 Å². The third-order valence-corrected chi connectivity index (χ3v) is 12.6. The lowest BCUT2D eigenvalue weighted by atomic mass is 10.0. The molecule has 1 atom stereocenters. The number of unbranched alkanes of at least 4 members (excludes halogenated alkanes) is 39. The molecule has 0 saturated carbocycles. The summed E-state index contributed by atoms with van der Waals surface area (Å²) in [6, 6.07) is 0. The number of nitrogens with zero attached hydrogens (tertiary/aromatic N) is 2. The topological polar surface area (TPSA) is 6.48 Å². The Morgan fingerprint density at radius 3 is 0.660 bits per heavy atom. The normalized spacial score (nSPS) is 14.4. The summed E-state index contributed by atoms with van der Waals surface area (Å²) in [6.45, 7) is 9.50. The molecule has 0 N–H and O–H groups in total. The van der Waals surface area contributed by atoms with E-state index in [2.05, 4.69) is 43.0 Å². The van der Waals surface area contributed by atoms with E-state index < -0.39 is 0 Å². The first kappa shape index (κ1) is 50.4. The first-order valence-electron chi connectivity index (χ1n) is 25.5. The van der Waals surface area contributed by atoms with Gasteiger partial charge in [0.25, 0.3) is 0 Å². The van der Waals surface area contributed by atoms with Crippen LogP contribution in [0.1, 0.15) is 297 Å². The Bertz CT molecular complexity index is 702. The molecule has 0 aromatic carbocycles. The molecule has 1 unspecified atom stereocenters. The van der Waals surface area contributed by atoms with Gasteiger partial charge < -0.3 is 9.80 Å². The highest BCUT2D eigenvalue weighted by Gasteiger charge is 2.24. The first-order valence-corrected chi connectivity index (χ1v) is 25.5. The maximum Gasteiger partial charge on any atom is 0.101 e. The van der Waals surface area contributed by atoms with Gasteiger partial charge in [-0.05, 0) is 25.7 Å². The molecule has 2 nitrogen and oxygen atoms in total. The SMILES string of the molecule is CCCCCCCCCCCCCCCCCCCN1C=CN(CCCCCCCCCCCC)C1CCCCCCCCCCCCCCCCC. The van der Waals surface area contributed by atoms with Gasteiger partial charge >= 0.3 is 0 Å². The van der Waals surface area contributed by atoms with E-state index in [-0.39, 0.29) is 0 Å². The predicted molar refractivity (Wildman–Crippen MR) is 242 cm³/mol. The molecule has 1 heterocycles. The molecule has 2 heteroatoms. The molecule has 1 rings (SSSR count). The second-order valence-electron chi connectivity index (χ2n) is 17.8. The van der Waals surface area contributed by atoms with Gasteiger partial charge in [0.1, 0.15) is 6.17 Å². The van der Waals surface area contributed by atoms with Crippen molar-refractivity contribution in [3.05, 3.63) is 12.4 Å². The largest absolute Gasteiger partial charge is 0.356 e. The fourth-order valence-electron chi connectivity index (χ4n) is 8.84. The summed E-state index contributed by atoms with van der Waals surface area (Å²) in [5.41, 5.74) is 0. The van der Waals surface area contributed by atoms with Crippen molar-refractivity contribution in [2.45, 2.75) is 303 Å². The van der Waals surface area contributed by atoms with Gasteiger partial charge in [0.2, 0.25) is 0 Å². The van der Waals surface area contributed by atoms with Crippen LogP contribution in [0.3, 0.4) is 0 Å². The quantitative estimate of drug-likeness (QED) is 0.0573. The molecular formula is C51H102N2. The Kier molecular flexibility index (Phi) is 40.4. The van der Waals surface area contributed by atoms with Crippen LogP contribution in [0.5, 0.6) is 0 Å². The van der Waals surface area contributed by atoms with Gasteiger partial charge in [0, 0.05) is 25.5 Å². The summed E-state index contributed by atoms with van der Waals surface area (Å²) in [6.07, 6.45) is 67.9. The molecule has 0 aromatic heterocycles. The molecule has 0 spiro atoms. The van der Waals surface area contributed by atoms with Crippen LogP contribution in [0.4, 0.5) is 0 Å². The fraction of sp³-hybridized carbons (Fsp3) is 0.961. The molecule has 0 aliphatic carbocycles. The van der Waals surface area contributed by atoms with E-state index in [1.807, 2.05) is 0 Å². The zero-order valence-corrected chi connectivity index (χ0v) is 37.4. The van der Waals surface area contributed by atoms with Crippen molar-refractivity contribution < 1.29 is 0 Å². The van der Waals surface area contributed by atoms with Gasteiger partial charge in [0.05, 0.1) is 0 Å². The third kappa shape index (κ3) is 34.3. The molecule has 0 radical (unpaired) electrons. The van der Waals surface area contributed by atoms with Gasteiger partial charge in [0.15, 0.2) is 0 Å². The Balaban J connectivity index is 2.17. The summed E-state index contributed by atoms with van der Waals surface area (Å²) in [7, 11) is 0. The standard InChI is InChI=1S/C51H102N2/c1-4-7-10-13-16-19-22-24-26-27-29-31-33-36-39-42-45-48-53-50-49-52(47-44-41-38-35-21-18-15-12-9-6-3)51(53)46-43-40-37-34-32-30-28-25-23-20-17-14-11-8-5-2/h49-51H,4-48H2,1-3H3. The second kappa shape index (κ2) is 42.5. The van der Waals surface area contributed by atoms with Gasteiger partial charge in [-0.15, -0.1) is 0 Å². The maximum atomic E-state index is 2.74. The average Bonchev–Trinajstić information content (AvgIpc) is 3.55. The van der Waals surface area contributed by atoms with Crippen LogP contribution in [0, 0.1) is 0 Å². The van der Waals surface area contributed by atoms with Crippen LogP contribution in [0.15, 0.2) is 12.4 Å². The predicted octanol–water partition coefficient (Wildman–Crippen LogP) is 18.2. The van der Waals surface area contributed by atoms with Gasteiger partial charge in [-0.3, -0.25) is 0 Å². The van der Waals surface area contributed by atoms with E-state index in [1.54, 1.807) is 0 Å². The molecule has 53 heavy (non-hydrogen) atoms. The molecular weight excluding hydrogens is 641 g/mol. The summed E-state index contributed by atoms with van der Waals surface area (Å²) < 4.78 is 0. The van der Waals surface area contributed by atoms with Crippen molar-refractivity contribution in [1.29, 1.82) is 0 Å². The molecule has 0 saturated heterocycles. The summed E-state index contributed by atoms with van der Waals surface area (Å²) in [5, 5.41) is 0. The Hall–Kier alpha value is -0.660. The number of hydrogen-bond donors (Lipinski definition) is 0. The lowest BCUT2D eigenvalue weighted by molar-refractivity contribution is 0.135. The maximum absolute atomic E-state index is 2.74. The highest BCUT2D eigenvalue weighted by atomic mass is 15.4. The zero-order chi connectivity index (χ0) is 38.0. The molecule has 1 aliphatic heterocycles. The van der Waals surface area contributed by atoms with Crippen LogP contribution in [0.25, 0.3) is 0 Å². The summed E-state index contributed by atoms with van der Waals surface area (Å²) in [4.78, 5) is 5.48. The molecule has 0 bridgehead atoms. The monoisotopic (exact) mass is 743 g/mol. The average molecular weight is 743 g/mol. The number of hydrogen-bond acceptors (Lipinski definition) is 2. The summed E-state index contributed by atoms with van der Waals surface area (Å²) >= 11 is 0. The third-order valence-electron chi connectivity index (χ3n) is 12.6. The van der Waals surface area contributed by atoms with Crippen LogP contribution in [-0.4, -0.2) is 29.1 Å². The van der Waals surface area contributed by atoms with Crippen molar-refractivity contribution in [2.75, 3.05) is 13.1 Å². The highest BCUT2D eigenvalue weighted by Crippen LogP contribution is 2.24. The zero-order valence-electron chi connectivity index (χ0n) is 37.4. The fourth-order valence-corrected chi connectivity index (χ4v) is 8.84. The molecule has 316 valence electrons. The van der Waals surface area contributed by atoms with Crippen molar-refractivity contribution >= 4 is 0 Å². The minimum absolute atomic E-state index is 0.636. The molecule has 0 amide bonds. The molecule has 0 fully saturated rings. The van der Waals surface area contributed by atoms with Crippen LogP contribution in [-0.2, 0) is 0 Å². The lowest BCUT2D eigenvalue weighted by Crippen LogP contribution is -2.39. The Morgan fingerprint density at radius 1 is 0.245 bits per heavy atom.